The lowest BCUT2D eigenvalue weighted by atomic mass is 10.1. The molecule has 3 rings (SSSR count). The van der Waals surface area contributed by atoms with Crippen LogP contribution in [0.4, 0.5) is 11.4 Å². The second-order valence-electron chi connectivity index (χ2n) is 6.15. The highest BCUT2D eigenvalue weighted by molar-refractivity contribution is 9.10. The molecule has 0 aliphatic heterocycles. The van der Waals surface area contributed by atoms with Gasteiger partial charge in [-0.15, -0.1) is 0 Å². The minimum Gasteiger partial charge on any atom is -0.506 e. The van der Waals surface area contributed by atoms with Crippen molar-refractivity contribution >= 4 is 54.8 Å². The number of carbonyl (C=O) groups excluding carboxylic acids is 1. The number of benzene rings is 3. The number of amides is 1. The fourth-order valence-electron chi connectivity index (χ4n) is 2.53. The summed E-state index contributed by atoms with van der Waals surface area (Å²) in [4.78, 5) is 12.2. The minimum atomic E-state index is -3.95. The molecule has 1 amide bonds. The van der Waals surface area contributed by atoms with Crippen LogP contribution in [-0.4, -0.2) is 19.4 Å². The van der Waals surface area contributed by atoms with Crippen molar-refractivity contribution in [1.29, 1.82) is 0 Å². The molecule has 0 heterocycles. The molecule has 3 aromatic carbocycles. The Morgan fingerprint density at radius 1 is 1.03 bits per heavy atom. The zero-order valence-electron chi connectivity index (χ0n) is 14.9. The number of sulfonamides is 1. The second kappa shape index (κ2) is 8.86. The fraction of sp³-hybridized carbons (Fsp3) is 0.0500. The zero-order valence-corrected chi connectivity index (χ0v) is 18.1. The second-order valence-corrected chi connectivity index (χ2v) is 9.18. The molecule has 150 valence electrons. The molecule has 0 saturated heterocycles. The molecule has 0 bridgehead atoms. The molecule has 9 heteroatoms. The first-order chi connectivity index (χ1) is 13.7. The molecule has 0 aliphatic carbocycles. The Kier molecular flexibility index (Phi) is 6.46. The van der Waals surface area contributed by atoms with E-state index in [1.807, 2.05) is 12.1 Å². The SMILES string of the molecule is O=C(Cc1ccc(Br)cc1)Nc1cc(S(=O)(=O)Nc2cccc(Cl)c2)ccc1O. The topological polar surface area (TPSA) is 95.5 Å². The Morgan fingerprint density at radius 2 is 1.76 bits per heavy atom. The number of hydrogen-bond donors (Lipinski definition) is 3. The van der Waals surface area contributed by atoms with Crippen molar-refractivity contribution in [3.05, 3.63) is 81.8 Å². The Balaban J connectivity index is 1.78. The van der Waals surface area contributed by atoms with E-state index < -0.39 is 10.0 Å². The van der Waals surface area contributed by atoms with Gasteiger partial charge in [-0.25, -0.2) is 8.42 Å². The third-order valence-corrected chi connectivity index (χ3v) is 6.05. The van der Waals surface area contributed by atoms with Crippen molar-refractivity contribution < 1.29 is 18.3 Å². The number of phenolic OH excluding ortho intramolecular Hbond substituents is 1. The van der Waals surface area contributed by atoms with Crippen LogP contribution in [-0.2, 0) is 21.2 Å². The van der Waals surface area contributed by atoms with E-state index in [-0.39, 0.29) is 28.7 Å². The maximum atomic E-state index is 12.6. The maximum absolute atomic E-state index is 12.6. The average Bonchev–Trinajstić information content (AvgIpc) is 2.65. The number of phenols is 1. The van der Waals surface area contributed by atoms with Gasteiger partial charge in [0.15, 0.2) is 0 Å². The van der Waals surface area contributed by atoms with E-state index >= 15 is 0 Å². The van der Waals surface area contributed by atoms with Crippen molar-refractivity contribution in [2.75, 3.05) is 10.0 Å². The molecule has 0 fully saturated rings. The monoisotopic (exact) mass is 494 g/mol. The number of aromatic hydroxyl groups is 1. The van der Waals surface area contributed by atoms with E-state index in [9.17, 15) is 18.3 Å². The lowest BCUT2D eigenvalue weighted by molar-refractivity contribution is -0.115. The van der Waals surface area contributed by atoms with Crippen LogP contribution in [0, 0.1) is 0 Å². The Bertz CT molecular complexity index is 1150. The van der Waals surface area contributed by atoms with Crippen molar-refractivity contribution in [3.63, 3.8) is 0 Å². The first-order valence-corrected chi connectivity index (χ1v) is 11.0. The summed E-state index contributed by atoms with van der Waals surface area (Å²) in [6.45, 7) is 0. The largest absolute Gasteiger partial charge is 0.506 e. The summed E-state index contributed by atoms with van der Waals surface area (Å²) in [5, 5.41) is 13.0. The van der Waals surface area contributed by atoms with Gasteiger partial charge in [0.2, 0.25) is 5.91 Å². The molecular formula is C20H16BrClN2O4S. The lowest BCUT2D eigenvalue weighted by Crippen LogP contribution is -2.16. The Hall–Kier alpha value is -2.55. The number of halogens is 2. The summed E-state index contributed by atoms with van der Waals surface area (Å²) in [6.07, 6.45) is 0.0739. The zero-order chi connectivity index (χ0) is 21.0. The first kappa shape index (κ1) is 21.2. The van der Waals surface area contributed by atoms with Crippen molar-refractivity contribution in [2.24, 2.45) is 0 Å². The van der Waals surface area contributed by atoms with Gasteiger partial charge in [0.05, 0.1) is 22.7 Å². The fourth-order valence-corrected chi connectivity index (χ4v) is 4.06. The van der Waals surface area contributed by atoms with Crippen LogP contribution in [0.2, 0.25) is 5.02 Å². The molecule has 0 aromatic heterocycles. The van der Waals surface area contributed by atoms with E-state index in [1.54, 1.807) is 30.3 Å². The van der Waals surface area contributed by atoms with Crippen LogP contribution in [0.1, 0.15) is 5.56 Å². The van der Waals surface area contributed by atoms with Crippen molar-refractivity contribution in [3.8, 4) is 5.75 Å². The van der Waals surface area contributed by atoms with Gasteiger partial charge in [0, 0.05) is 9.50 Å². The Morgan fingerprint density at radius 3 is 2.45 bits per heavy atom. The quantitative estimate of drug-likeness (QED) is 0.429. The third kappa shape index (κ3) is 5.72. The minimum absolute atomic E-state index is 0.00100. The van der Waals surface area contributed by atoms with Crippen LogP contribution in [0.3, 0.4) is 0 Å². The van der Waals surface area contributed by atoms with E-state index in [0.29, 0.717) is 10.7 Å². The molecule has 0 radical (unpaired) electrons. The maximum Gasteiger partial charge on any atom is 0.261 e. The molecule has 29 heavy (non-hydrogen) atoms. The summed E-state index contributed by atoms with van der Waals surface area (Å²) >= 11 is 9.21. The van der Waals surface area contributed by atoms with E-state index in [1.165, 1.54) is 24.3 Å². The number of anilines is 2. The first-order valence-electron chi connectivity index (χ1n) is 8.39. The summed E-state index contributed by atoms with van der Waals surface area (Å²) in [7, 11) is -3.95. The molecular weight excluding hydrogens is 480 g/mol. The highest BCUT2D eigenvalue weighted by atomic mass is 79.9. The van der Waals surface area contributed by atoms with Gasteiger partial charge in [0.25, 0.3) is 10.0 Å². The molecule has 3 aromatic rings. The van der Waals surface area contributed by atoms with Crippen molar-refractivity contribution in [1.82, 2.24) is 0 Å². The van der Waals surface area contributed by atoms with Gasteiger partial charge < -0.3 is 10.4 Å². The third-order valence-electron chi connectivity index (χ3n) is 3.91. The molecule has 3 N–H and O–H groups in total. The average molecular weight is 496 g/mol. The predicted octanol–water partition coefficient (Wildman–Crippen LogP) is 4.79. The van der Waals surface area contributed by atoms with Crippen molar-refractivity contribution in [2.45, 2.75) is 11.3 Å². The van der Waals surface area contributed by atoms with E-state index in [4.69, 9.17) is 11.6 Å². The van der Waals surface area contributed by atoms with Crippen LogP contribution in [0.5, 0.6) is 5.75 Å². The highest BCUT2D eigenvalue weighted by Crippen LogP contribution is 2.28. The molecule has 0 aliphatic rings. The highest BCUT2D eigenvalue weighted by Gasteiger charge is 2.17. The molecule has 0 atom stereocenters. The van der Waals surface area contributed by atoms with Gasteiger partial charge in [-0.2, -0.15) is 0 Å². The number of nitrogens with one attached hydrogen (secondary N) is 2. The van der Waals surface area contributed by atoms with E-state index in [0.717, 1.165) is 10.0 Å². The summed E-state index contributed by atoms with van der Waals surface area (Å²) in [6, 6.07) is 17.1. The van der Waals surface area contributed by atoms with Crippen LogP contribution in [0.15, 0.2) is 76.1 Å². The standard InChI is InChI=1S/C20H16BrClN2O4S/c21-14-6-4-13(5-7-14)10-20(26)23-18-12-17(8-9-19(18)25)29(27,28)24-16-3-1-2-15(22)11-16/h1-9,11-12,24-25H,10H2,(H,23,26). The van der Waals surface area contributed by atoms with Gasteiger partial charge >= 0.3 is 0 Å². The normalized spacial score (nSPS) is 11.1. The number of rotatable bonds is 6. The van der Waals surface area contributed by atoms with E-state index in [2.05, 4.69) is 26.0 Å². The number of hydrogen-bond acceptors (Lipinski definition) is 4. The number of carbonyl (C=O) groups is 1. The van der Waals surface area contributed by atoms with Gasteiger partial charge in [-0.3, -0.25) is 9.52 Å². The van der Waals surface area contributed by atoms with Crippen LogP contribution in [0.25, 0.3) is 0 Å². The molecule has 6 nitrogen and oxygen atoms in total. The van der Waals surface area contributed by atoms with Gasteiger partial charge in [0.1, 0.15) is 5.75 Å². The van der Waals surface area contributed by atoms with Crippen LogP contribution < -0.4 is 10.0 Å². The van der Waals surface area contributed by atoms with Gasteiger partial charge in [-0.05, 0) is 54.1 Å². The van der Waals surface area contributed by atoms with Gasteiger partial charge in [-0.1, -0.05) is 45.7 Å². The summed E-state index contributed by atoms with van der Waals surface area (Å²) in [5.74, 6) is -0.629. The summed E-state index contributed by atoms with van der Waals surface area (Å²) in [5.41, 5.74) is 1.07. The smallest absolute Gasteiger partial charge is 0.261 e. The lowest BCUT2D eigenvalue weighted by Gasteiger charge is -2.12. The molecule has 0 unspecified atom stereocenters. The predicted molar refractivity (Wildman–Crippen MR) is 117 cm³/mol. The Labute approximate surface area is 181 Å². The molecule has 0 saturated carbocycles. The molecule has 0 spiro atoms. The summed E-state index contributed by atoms with van der Waals surface area (Å²) < 4.78 is 28.6. The van der Waals surface area contributed by atoms with Crippen LogP contribution >= 0.6 is 27.5 Å².